The second kappa shape index (κ2) is 8.19. The minimum Gasteiger partial charge on any atom is -0.494 e. The van der Waals surface area contributed by atoms with Crippen LogP contribution in [0.25, 0.3) is 5.69 Å². The molecule has 8 heteroatoms. The third kappa shape index (κ3) is 4.22. The van der Waals surface area contributed by atoms with Crippen LogP contribution in [0.5, 0.6) is 5.88 Å². The summed E-state index contributed by atoms with van der Waals surface area (Å²) in [5.41, 5.74) is 0.313. The lowest BCUT2D eigenvalue weighted by atomic mass is 10.3. The molecule has 0 saturated carbocycles. The van der Waals surface area contributed by atoms with Gasteiger partial charge in [-0.3, -0.25) is 24.2 Å². The predicted octanol–water partition coefficient (Wildman–Crippen LogP) is 1.35. The molecule has 0 aliphatic carbocycles. The van der Waals surface area contributed by atoms with Gasteiger partial charge < -0.3 is 9.84 Å². The van der Waals surface area contributed by atoms with Crippen molar-refractivity contribution in [1.82, 2.24) is 14.5 Å². The summed E-state index contributed by atoms with van der Waals surface area (Å²) in [6, 6.07) is 9.12. The van der Waals surface area contributed by atoms with Gasteiger partial charge in [-0.25, -0.2) is 0 Å². The monoisotopic (exact) mass is 360 g/mol. The Morgan fingerprint density at radius 3 is 2.72 bits per heavy atom. The molecule has 0 amide bonds. The normalized spacial score (nSPS) is 15.7. The highest BCUT2D eigenvalue weighted by atomic mass is 32.1. The van der Waals surface area contributed by atoms with E-state index < -0.39 is 5.56 Å². The van der Waals surface area contributed by atoms with Crippen molar-refractivity contribution < 1.29 is 9.84 Å². The summed E-state index contributed by atoms with van der Waals surface area (Å²) < 4.78 is 6.86. The topological polar surface area (TPSA) is 82.8 Å². The summed E-state index contributed by atoms with van der Waals surface area (Å²) in [7, 11) is 0. The molecule has 132 valence electrons. The summed E-state index contributed by atoms with van der Waals surface area (Å²) >= 11 is 5.17. The number of ether oxygens (including phenoxy) is 1. The number of aliphatic imine (C=N–C) groups is 1. The van der Waals surface area contributed by atoms with Gasteiger partial charge in [-0.2, -0.15) is 0 Å². The average molecular weight is 360 g/mol. The van der Waals surface area contributed by atoms with E-state index in [1.165, 1.54) is 10.8 Å². The fourth-order valence-electron chi connectivity index (χ4n) is 2.65. The molecule has 0 atom stereocenters. The highest BCUT2D eigenvalue weighted by Crippen LogP contribution is 2.18. The molecule has 1 fully saturated rings. The Balaban J connectivity index is 1.80. The summed E-state index contributed by atoms with van der Waals surface area (Å²) in [5.74, 6) is -0.213. The minimum absolute atomic E-state index is 0.0967. The van der Waals surface area contributed by atoms with Crippen LogP contribution in [0.3, 0.4) is 0 Å². The molecule has 0 spiro atoms. The lowest BCUT2D eigenvalue weighted by molar-refractivity contribution is 0.0395. The summed E-state index contributed by atoms with van der Waals surface area (Å²) in [5, 5.41) is 10.5. The van der Waals surface area contributed by atoms with Gasteiger partial charge in [0.05, 0.1) is 25.4 Å². The number of nitrogens with zero attached hydrogens (tertiary/aromatic N) is 3. The maximum absolute atomic E-state index is 12.1. The number of benzene rings is 1. The Hall–Kier alpha value is -2.29. The second-order valence-corrected chi connectivity index (χ2v) is 6.04. The van der Waals surface area contributed by atoms with E-state index in [1.54, 1.807) is 12.1 Å². The van der Waals surface area contributed by atoms with Gasteiger partial charge in [-0.15, -0.1) is 0 Å². The first-order chi connectivity index (χ1) is 12.2. The number of hydrogen-bond donors (Lipinski definition) is 2. The first kappa shape index (κ1) is 17.5. The summed E-state index contributed by atoms with van der Waals surface area (Å²) in [6.45, 7) is 4.58. The molecule has 2 aromatic rings. The van der Waals surface area contributed by atoms with Gasteiger partial charge in [-0.05, 0) is 24.4 Å². The van der Waals surface area contributed by atoms with Crippen molar-refractivity contribution in [2.24, 2.45) is 4.99 Å². The molecule has 1 aromatic carbocycles. The van der Waals surface area contributed by atoms with Crippen molar-refractivity contribution in [3.63, 3.8) is 0 Å². The molecular formula is C17H20N4O3S. The molecule has 1 saturated heterocycles. The fourth-order valence-corrected chi connectivity index (χ4v) is 2.94. The van der Waals surface area contributed by atoms with Crippen LogP contribution < -0.4 is 5.56 Å². The molecule has 0 bridgehead atoms. The quantitative estimate of drug-likeness (QED) is 0.621. The molecule has 2 N–H and O–H groups in total. The van der Waals surface area contributed by atoms with Gasteiger partial charge in [0.1, 0.15) is 5.56 Å². The highest BCUT2D eigenvalue weighted by Gasteiger charge is 2.12. The molecule has 0 radical (unpaired) electrons. The maximum Gasteiger partial charge on any atom is 0.264 e. The number of morpholine rings is 1. The number of aromatic hydroxyl groups is 1. The van der Waals surface area contributed by atoms with Crippen LogP contribution in [-0.2, 0) is 4.74 Å². The number of H-pyrrole nitrogens is 1. The number of aromatic nitrogens is 2. The molecule has 3 rings (SSSR count). The predicted molar refractivity (Wildman–Crippen MR) is 98.6 cm³/mol. The Morgan fingerprint density at radius 1 is 1.28 bits per heavy atom. The van der Waals surface area contributed by atoms with Gasteiger partial charge in [0.25, 0.3) is 5.56 Å². The first-order valence-corrected chi connectivity index (χ1v) is 8.51. The Morgan fingerprint density at radius 2 is 2.00 bits per heavy atom. The van der Waals surface area contributed by atoms with Crippen LogP contribution in [-0.4, -0.2) is 65.2 Å². The molecule has 25 heavy (non-hydrogen) atoms. The first-order valence-electron chi connectivity index (χ1n) is 8.10. The van der Waals surface area contributed by atoms with E-state index in [0.29, 0.717) is 12.2 Å². The average Bonchev–Trinajstić information content (AvgIpc) is 2.62. The molecule has 1 aromatic heterocycles. The fraction of sp³-hybridized carbons (Fsp3) is 0.353. The molecule has 1 aliphatic heterocycles. The van der Waals surface area contributed by atoms with Crippen LogP contribution in [0.1, 0.15) is 5.56 Å². The number of rotatable bonds is 5. The van der Waals surface area contributed by atoms with E-state index in [9.17, 15) is 9.90 Å². The van der Waals surface area contributed by atoms with Crippen LogP contribution >= 0.6 is 12.2 Å². The van der Waals surface area contributed by atoms with Crippen LogP contribution in [0.2, 0.25) is 0 Å². The second-order valence-electron chi connectivity index (χ2n) is 5.66. The van der Waals surface area contributed by atoms with Gasteiger partial charge in [0, 0.05) is 25.8 Å². The zero-order chi connectivity index (χ0) is 17.6. The molecule has 7 nitrogen and oxygen atoms in total. The van der Waals surface area contributed by atoms with Crippen molar-refractivity contribution in [1.29, 1.82) is 0 Å². The van der Waals surface area contributed by atoms with Gasteiger partial charge in [0.2, 0.25) is 5.88 Å². The number of para-hydroxylation sites is 1. The maximum atomic E-state index is 12.1. The summed E-state index contributed by atoms with van der Waals surface area (Å²) in [6.07, 6.45) is 1.41. The molecule has 2 heterocycles. The van der Waals surface area contributed by atoms with E-state index in [-0.39, 0.29) is 16.2 Å². The number of aromatic amines is 1. The Bertz CT molecular complexity index is 854. The van der Waals surface area contributed by atoms with Gasteiger partial charge in [0.15, 0.2) is 4.77 Å². The largest absolute Gasteiger partial charge is 0.494 e. The summed E-state index contributed by atoms with van der Waals surface area (Å²) in [4.78, 5) is 21.2. The minimum atomic E-state index is -0.454. The van der Waals surface area contributed by atoms with Crippen LogP contribution in [0.15, 0.2) is 40.1 Å². The Labute approximate surface area is 150 Å². The van der Waals surface area contributed by atoms with Crippen LogP contribution in [0.4, 0.5) is 0 Å². The van der Waals surface area contributed by atoms with E-state index >= 15 is 0 Å². The third-order valence-corrected chi connectivity index (χ3v) is 4.29. The highest BCUT2D eigenvalue weighted by molar-refractivity contribution is 7.71. The van der Waals surface area contributed by atoms with Crippen molar-refractivity contribution in [2.75, 3.05) is 39.4 Å². The van der Waals surface area contributed by atoms with Crippen molar-refractivity contribution in [3.05, 3.63) is 51.0 Å². The van der Waals surface area contributed by atoms with E-state index in [1.807, 2.05) is 18.2 Å². The van der Waals surface area contributed by atoms with E-state index in [4.69, 9.17) is 17.0 Å². The number of hydrogen-bond acceptors (Lipinski definition) is 6. The zero-order valence-electron chi connectivity index (χ0n) is 13.7. The van der Waals surface area contributed by atoms with Crippen molar-refractivity contribution in [3.8, 4) is 11.6 Å². The third-order valence-electron chi connectivity index (χ3n) is 4.00. The van der Waals surface area contributed by atoms with Gasteiger partial charge >= 0.3 is 0 Å². The standard InChI is InChI=1S/C17H20N4O3S/c22-15-14(12-18-6-7-20-8-10-24-11-9-20)16(23)21(17(25)19-15)13-4-2-1-3-5-13/h1-5,12,23H,6-11H2,(H,19,22,25). The lowest BCUT2D eigenvalue weighted by Crippen LogP contribution is -2.37. The van der Waals surface area contributed by atoms with Crippen molar-refractivity contribution >= 4 is 18.4 Å². The zero-order valence-corrected chi connectivity index (χ0v) is 14.5. The number of nitrogens with one attached hydrogen (secondary N) is 1. The lowest BCUT2D eigenvalue weighted by Gasteiger charge is -2.25. The van der Waals surface area contributed by atoms with Crippen LogP contribution in [0, 0.1) is 4.77 Å². The molecule has 0 unspecified atom stereocenters. The molecular weight excluding hydrogens is 340 g/mol. The smallest absolute Gasteiger partial charge is 0.264 e. The Kier molecular flexibility index (Phi) is 5.75. The van der Waals surface area contributed by atoms with Crippen molar-refractivity contribution in [2.45, 2.75) is 0 Å². The molecule has 1 aliphatic rings. The van der Waals surface area contributed by atoms with E-state index in [0.717, 1.165) is 32.8 Å². The SMILES string of the molecule is O=c1[nH]c(=S)n(-c2ccccc2)c(O)c1C=NCCN1CCOCC1. The van der Waals surface area contributed by atoms with E-state index in [2.05, 4.69) is 14.9 Å². The van der Waals surface area contributed by atoms with Gasteiger partial charge in [-0.1, -0.05) is 18.2 Å².